The zero-order valence-corrected chi connectivity index (χ0v) is 8.86. The van der Waals surface area contributed by atoms with Crippen molar-refractivity contribution in [1.29, 1.82) is 5.26 Å². The Kier molecular flexibility index (Phi) is 4.79. The van der Waals surface area contributed by atoms with Crippen molar-refractivity contribution in [2.75, 3.05) is 20.3 Å². The molecular formula is C12H15FN2. The van der Waals surface area contributed by atoms with Crippen molar-refractivity contribution < 1.29 is 4.39 Å². The number of rotatable bonds is 5. The van der Waals surface area contributed by atoms with E-state index in [0.717, 1.165) is 5.56 Å². The van der Waals surface area contributed by atoms with Crippen LogP contribution in [0.4, 0.5) is 4.39 Å². The van der Waals surface area contributed by atoms with Gasteiger partial charge in [-0.1, -0.05) is 30.3 Å². The number of benzene rings is 1. The Hall–Kier alpha value is -1.40. The molecule has 1 rings (SSSR count). The van der Waals surface area contributed by atoms with Crippen LogP contribution in [0.2, 0.25) is 0 Å². The minimum absolute atomic E-state index is 0.202. The summed E-state index contributed by atoms with van der Waals surface area (Å²) in [6.45, 7) is -0.158. The molecule has 0 saturated carbocycles. The van der Waals surface area contributed by atoms with Gasteiger partial charge >= 0.3 is 0 Å². The largest absolute Gasteiger partial charge is 0.288 e. The van der Waals surface area contributed by atoms with Crippen molar-refractivity contribution in [3.63, 3.8) is 0 Å². The molecule has 2 nitrogen and oxygen atoms in total. The Bertz CT molecular complexity index is 318. The molecule has 1 aromatic rings. The quantitative estimate of drug-likeness (QED) is 0.688. The number of nitrogens with zero attached hydrogens (tertiary/aromatic N) is 2. The summed E-state index contributed by atoms with van der Waals surface area (Å²) in [6.07, 6.45) is 0.648. The predicted octanol–water partition coefficient (Wildman–Crippen LogP) is 2.02. The van der Waals surface area contributed by atoms with E-state index in [1.165, 1.54) is 0 Å². The van der Waals surface area contributed by atoms with Gasteiger partial charge in [-0.2, -0.15) is 5.26 Å². The van der Waals surface area contributed by atoms with Gasteiger partial charge in [-0.15, -0.1) is 0 Å². The lowest BCUT2D eigenvalue weighted by Crippen LogP contribution is -2.35. The molecule has 0 amide bonds. The van der Waals surface area contributed by atoms with Crippen LogP contribution in [0.1, 0.15) is 5.56 Å². The molecule has 0 aliphatic heterocycles. The Morgan fingerprint density at radius 2 is 2.07 bits per heavy atom. The third kappa shape index (κ3) is 3.69. The number of likely N-dealkylation sites (N-methyl/N-ethyl adjacent to an activating group) is 1. The van der Waals surface area contributed by atoms with E-state index in [2.05, 4.69) is 0 Å². The van der Waals surface area contributed by atoms with Gasteiger partial charge in [0, 0.05) is 6.04 Å². The van der Waals surface area contributed by atoms with Crippen LogP contribution in [0.5, 0.6) is 0 Å². The van der Waals surface area contributed by atoms with Crippen molar-refractivity contribution in [1.82, 2.24) is 4.90 Å². The molecular weight excluding hydrogens is 190 g/mol. The molecule has 0 heterocycles. The van der Waals surface area contributed by atoms with Gasteiger partial charge in [-0.25, -0.2) is 4.39 Å². The van der Waals surface area contributed by atoms with Crippen LogP contribution in [0.15, 0.2) is 30.3 Å². The van der Waals surface area contributed by atoms with E-state index in [0.29, 0.717) is 6.42 Å². The molecule has 0 aliphatic rings. The summed E-state index contributed by atoms with van der Waals surface area (Å²) in [7, 11) is 1.77. The van der Waals surface area contributed by atoms with Gasteiger partial charge in [0.2, 0.25) is 0 Å². The van der Waals surface area contributed by atoms with E-state index in [1.807, 2.05) is 36.4 Å². The molecule has 3 heteroatoms. The molecule has 0 bridgehead atoms. The molecule has 1 aromatic carbocycles. The number of nitriles is 1. The first kappa shape index (κ1) is 11.7. The minimum Gasteiger partial charge on any atom is -0.288 e. The summed E-state index contributed by atoms with van der Waals surface area (Å²) in [4.78, 5) is 1.74. The van der Waals surface area contributed by atoms with E-state index in [-0.39, 0.29) is 12.6 Å². The lowest BCUT2D eigenvalue weighted by Gasteiger charge is -2.23. The van der Waals surface area contributed by atoms with Crippen molar-refractivity contribution >= 4 is 0 Å². The third-order valence-corrected chi connectivity index (χ3v) is 2.44. The fourth-order valence-corrected chi connectivity index (χ4v) is 1.45. The SMILES string of the molecule is CN(CC#N)[C@H](C[18F])Cc1ccccc1. The zero-order valence-electron chi connectivity index (χ0n) is 8.86. The Labute approximate surface area is 89.9 Å². The average molecular weight is 205 g/mol. The number of hydrogen-bond acceptors (Lipinski definition) is 2. The van der Waals surface area contributed by atoms with Crippen LogP contribution in [0.25, 0.3) is 0 Å². The monoisotopic (exact) mass is 205 g/mol. The van der Waals surface area contributed by atoms with Crippen LogP contribution in [0, 0.1) is 11.3 Å². The summed E-state index contributed by atoms with van der Waals surface area (Å²) in [5.41, 5.74) is 1.10. The smallest absolute Gasteiger partial charge is 0.105 e. The van der Waals surface area contributed by atoms with E-state index < -0.39 is 6.67 Å². The second kappa shape index (κ2) is 6.15. The molecule has 1 atom stereocenters. The van der Waals surface area contributed by atoms with Crippen molar-refractivity contribution in [2.45, 2.75) is 12.5 Å². The summed E-state index contributed by atoms with van der Waals surface area (Å²) in [6, 6.07) is 11.6. The molecule has 0 unspecified atom stereocenters. The molecule has 80 valence electrons. The number of alkyl halides is 1. The molecule has 0 fully saturated rings. The molecule has 0 aliphatic carbocycles. The summed E-state index contributed by atoms with van der Waals surface area (Å²) in [5.74, 6) is 0. The normalized spacial score (nSPS) is 12.4. The maximum absolute atomic E-state index is 12.8. The third-order valence-electron chi connectivity index (χ3n) is 2.44. The van der Waals surface area contributed by atoms with E-state index in [1.54, 1.807) is 11.9 Å². The maximum Gasteiger partial charge on any atom is 0.105 e. The molecule has 0 aromatic heterocycles. The van der Waals surface area contributed by atoms with Crippen molar-refractivity contribution in [2.24, 2.45) is 0 Å². The fraction of sp³-hybridized carbons (Fsp3) is 0.417. The van der Waals surface area contributed by atoms with Crippen molar-refractivity contribution in [3.8, 4) is 6.07 Å². The molecule has 0 spiro atoms. The number of halogens is 1. The van der Waals surface area contributed by atoms with Crippen LogP contribution in [-0.2, 0) is 6.42 Å². The average Bonchev–Trinajstić information content (AvgIpc) is 2.27. The maximum atomic E-state index is 12.8. The first-order valence-electron chi connectivity index (χ1n) is 4.95. The standard InChI is InChI=1S/C12H15FN2/c1-15(8-7-14)12(10-13)9-11-5-3-2-4-6-11/h2-6,12H,8-10H2,1H3/t12-/m0/s1/i13-1. The Balaban J connectivity index is 2.58. The first-order valence-corrected chi connectivity index (χ1v) is 4.95. The summed E-state index contributed by atoms with van der Waals surface area (Å²) < 4.78 is 12.8. The highest BCUT2D eigenvalue weighted by Gasteiger charge is 2.14. The van der Waals surface area contributed by atoms with Crippen LogP contribution in [-0.4, -0.2) is 31.2 Å². The predicted molar refractivity (Wildman–Crippen MR) is 58.2 cm³/mol. The van der Waals surface area contributed by atoms with Crippen LogP contribution in [0.3, 0.4) is 0 Å². The van der Waals surface area contributed by atoms with Gasteiger partial charge in [0.1, 0.15) is 6.67 Å². The van der Waals surface area contributed by atoms with Gasteiger partial charge in [0.15, 0.2) is 0 Å². The second-order valence-corrected chi connectivity index (χ2v) is 3.57. The van der Waals surface area contributed by atoms with E-state index in [4.69, 9.17) is 5.26 Å². The van der Waals surface area contributed by atoms with Gasteiger partial charge in [0.25, 0.3) is 0 Å². The zero-order chi connectivity index (χ0) is 11.1. The number of hydrogen-bond donors (Lipinski definition) is 0. The van der Waals surface area contributed by atoms with Gasteiger partial charge in [0.05, 0.1) is 12.6 Å². The summed E-state index contributed by atoms with van der Waals surface area (Å²) in [5, 5.41) is 8.53. The van der Waals surface area contributed by atoms with Gasteiger partial charge in [-0.3, -0.25) is 4.90 Å². The van der Waals surface area contributed by atoms with E-state index in [9.17, 15) is 4.39 Å². The Morgan fingerprint density at radius 1 is 1.40 bits per heavy atom. The van der Waals surface area contributed by atoms with E-state index >= 15 is 0 Å². The molecule has 0 saturated heterocycles. The lowest BCUT2D eigenvalue weighted by atomic mass is 10.1. The molecule has 0 N–H and O–H groups in total. The Morgan fingerprint density at radius 3 is 2.60 bits per heavy atom. The first-order chi connectivity index (χ1) is 7.27. The second-order valence-electron chi connectivity index (χ2n) is 3.57. The van der Waals surface area contributed by atoms with Crippen LogP contribution >= 0.6 is 0 Å². The molecule has 0 radical (unpaired) electrons. The molecule has 15 heavy (non-hydrogen) atoms. The topological polar surface area (TPSA) is 27.0 Å². The summed E-state index contributed by atoms with van der Waals surface area (Å²) >= 11 is 0. The van der Waals surface area contributed by atoms with Crippen molar-refractivity contribution in [3.05, 3.63) is 35.9 Å². The highest BCUT2D eigenvalue weighted by molar-refractivity contribution is 5.16. The van der Waals surface area contributed by atoms with Crippen LogP contribution < -0.4 is 0 Å². The highest BCUT2D eigenvalue weighted by atomic mass is 18.2. The van der Waals surface area contributed by atoms with Gasteiger partial charge < -0.3 is 0 Å². The lowest BCUT2D eigenvalue weighted by molar-refractivity contribution is 0.220. The fourth-order valence-electron chi connectivity index (χ4n) is 1.45. The van der Waals surface area contributed by atoms with Gasteiger partial charge in [-0.05, 0) is 19.0 Å². The highest BCUT2D eigenvalue weighted by Crippen LogP contribution is 2.08. The minimum atomic E-state index is -0.424.